The fourth-order valence-corrected chi connectivity index (χ4v) is 9.35. The summed E-state index contributed by atoms with van der Waals surface area (Å²) >= 11 is 0. The molecule has 1 heterocycles. The Morgan fingerprint density at radius 2 is 1.73 bits per heavy atom. The molecule has 1 saturated heterocycles. The summed E-state index contributed by atoms with van der Waals surface area (Å²) in [5.41, 5.74) is 0. The molecular formula is C8H21NSi2. The molecule has 0 radical (unpaired) electrons. The second-order valence-corrected chi connectivity index (χ2v) is 12.9. The lowest BCUT2D eigenvalue weighted by molar-refractivity contribution is 0.559. The van der Waals surface area contributed by atoms with Gasteiger partial charge in [0.1, 0.15) is 0 Å². The van der Waals surface area contributed by atoms with Gasteiger partial charge in [-0.2, -0.15) is 0 Å². The molecule has 0 spiro atoms. The molecule has 1 aliphatic rings. The van der Waals surface area contributed by atoms with Crippen LogP contribution in [0.5, 0.6) is 0 Å². The Labute approximate surface area is 74.5 Å². The molecular weight excluding hydrogens is 166 g/mol. The van der Waals surface area contributed by atoms with E-state index in [0.717, 1.165) is 0 Å². The Bertz CT molecular complexity index is 98.3. The average Bonchev–Trinajstić information content (AvgIpc) is 2.52. The topological polar surface area (TPSA) is 3.24 Å². The van der Waals surface area contributed by atoms with Gasteiger partial charge in [0.2, 0.25) is 0 Å². The van der Waals surface area contributed by atoms with Crippen LogP contribution >= 0.6 is 0 Å². The van der Waals surface area contributed by atoms with Crippen LogP contribution in [0.4, 0.5) is 0 Å². The predicted molar refractivity (Wildman–Crippen MR) is 57.5 cm³/mol. The van der Waals surface area contributed by atoms with E-state index in [4.69, 9.17) is 0 Å². The Balaban J connectivity index is 2.16. The predicted octanol–water partition coefficient (Wildman–Crippen LogP) is 0.930. The second-order valence-electron chi connectivity index (χ2n) is 3.69. The summed E-state index contributed by atoms with van der Waals surface area (Å²) in [7, 11) is 0.0935. The molecule has 0 aromatic carbocycles. The molecule has 0 amide bonds. The van der Waals surface area contributed by atoms with E-state index in [-0.39, 0.29) is 17.5 Å². The molecule has 0 saturated carbocycles. The average molecular weight is 187 g/mol. The standard InChI is InChI=1S/C8H21NSi2/c1-3-11(4-2)10-9-7-5-6-8-9/h11H,3-8,10H2,1-2H3. The van der Waals surface area contributed by atoms with Crippen molar-refractivity contribution in [2.75, 3.05) is 13.1 Å². The molecule has 0 unspecified atom stereocenters. The van der Waals surface area contributed by atoms with Crippen LogP contribution in [0.15, 0.2) is 0 Å². The van der Waals surface area contributed by atoms with Gasteiger partial charge in [-0.25, -0.2) is 0 Å². The van der Waals surface area contributed by atoms with Gasteiger partial charge in [-0.05, 0) is 25.9 Å². The fraction of sp³-hybridized carbons (Fsp3) is 1.00. The van der Waals surface area contributed by atoms with Crippen molar-refractivity contribution in [2.45, 2.75) is 38.8 Å². The zero-order valence-corrected chi connectivity index (χ0v) is 10.5. The number of rotatable bonds is 4. The van der Waals surface area contributed by atoms with Crippen molar-refractivity contribution in [1.82, 2.24) is 4.57 Å². The van der Waals surface area contributed by atoms with E-state index < -0.39 is 0 Å². The first kappa shape index (κ1) is 9.48. The first-order valence-corrected chi connectivity index (χ1v) is 10.6. The largest absolute Gasteiger partial charge is 0.332 e. The third kappa shape index (κ3) is 3.09. The van der Waals surface area contributed by atoms with Crippen LogP contribution in [0.3, 0.4) is 0 Å². The molecule has 11 heavy (non-hydrogen) atoms. The smallest absolute Gasteiger partial charge is 0.0832 e. The monoisotopic (exact) mass is 187 g/mol. The lowest BCUT2D eigenvalue weighted by atomic mass is 10.4. The lowest BCUT2D eigenvalue weighted by Crippen LogP contribution is -2.36. The van der Waals surface area contributed by atoms with Crippen molar-refractivity contribution < 1.29 is 0 Å². The molecule has 0 aromatic rings. The number of hydrogen-bond donors (Lipinski definition) is 0. The van der Waals surface area contributed by atoms with Gasteiger partial charge in [-0.15, -0.1) is 0 Å². The van der Waals surface area contributed by atoms with Crippen LogP contribution in [0.25, 0.3) is 0 Å². The van der Waals surface area contributed by atoms with Crippen LogP contribution in [0, 0.1) is 0 Å². The minimum absolute atomic E-state index is 0.180. The highest BCUT2D eigenvalue weighted by Crippen LogP contribution is 2.08. The second kappa shape index (κ2) is 5.11. The fourth-order valence-electron chi connectivity index (χ4n) is 1.88. The summed E-state index contributed by atoms with van der Waals surface area (Å²) in [6, 6.07) is 3.11. The van der Waals surface area contributed by atoms with E-state index >= 15 is 0 Å². The van der Waals surface area contributed by atoms with E-state index in [1.54, 1.807) is 12.1 Å². The van der Waals surface area contributed by atoms with Crippen molar-refractivity contribution in [3.05, 3.63) is 0 Å². The first-order valence-electron chi connectivity index (χ1n) is 5.09. The van der Waals surface area contributed by atoms with E-state index in [0.29, 0.717) is 0 Å². The van der Waals surface area contributed by atoms with Crippen molar-refractivity contribution in [2.24, 2.45) is 0 Å². The summed E-state index contributed by atoms with van der Waals surface area (Å²) in [5.74, 6) is 0. The molecule has 0 atom stereocenters. The molecule has 1 fully saturated rings. The zero-order chi connectivity index (χ0) is 8.10. The summed E-state index contributed by atoms with van der Waals surface area (Å²) in [4.78, 5) is 0. The molecule has 1 rings (SSSR count). The van der Waals surface area contributed by atoms with Gasteiger partial charge in [0, 0.05) is 8.31 Å². The number of nitrogens with zero attached hydrogens (tertiary/aromatic N) is 1. The maximum absolute atomic E-state index is 2.82. The summed E-state index contributed by atoms with van der Waals surface area (Å²) in [5, 5.41) is 0. The highest BCUT2D eigenvalue weighted by molar-refractivity contribution is 7.11. The Kier molecular flexibility index (Phi) is 4.41. The minimum Gasteiger partial charge on any atom is -0.332 e. The molecule has 0 bridgehead atoms. The van der Waals surface area contributed by atoms with E-state index in [1.165, 1.54) is 25.9 Å². The Hall–Kier alpha value is 0.394. The van der Waals surface area contributed by atoms with Crippen molar-refractivity contribution in [3.8, 4) is 0 Å². The van der Waals surface area contributed by atoms with Gasteiger partial charge < -0.3 is 4.57 Å². The van der Waals surface area contributed by atoms with Gasteiger partial charge >= 0.3 is 0 Å². The van der Waals surface area contributed by atoms with Crippen LogP contribution < -0.4 is 0 Å². The summed E-state index contributed by atoms with van der Waals surface area (Å²) in [6.07, 6.45) is 2.98. The van der Waals surface area contributed by atoms with E-state index in [1.807, 2.05) is 0 Å². The third-order valence-electron chi connectivity index (χ3n) is 2.87. The SMILES string of the molecule is CC[SiH](CC)[SiH2]N1CCCC1. The minimum atomic E-state index is -0.180. The molecule has 1 aliphatic heterocycles. The van der Waals surface area contributed by atoms with Gasteiger partial charge in [-0.1, -0.05) is 25.9 Å². The highest BCUT2D eigenvalue weighted by Gasteiger charge is 2.16. The van der Waals surface area contributed by atoms with Crippen LogP contribution in [-0.2, 0) is 0 Å². The maximum Gasteiger partial charge on any atom is 0.0832 e. The lowest BCUT2D eigenvalue weighted by Gasteiger charge is -2.18. The van der Waals surface area contributed by atoms with Gasteiger partial charge in [0.25, 0.3) is 0 Å². The van der Waals surface area contributed by atoms with Crippen LogP contribution in [-0.4, -0.2) is 35.2 Å². The zero-order valence-electron chi connectivity index (χ0n) is 7.97. The first-order chi connectivity index (χ1) is 5.36. The van der Waals surface area contributed by atoms with Gasteiger partial charge in [0.15, 0.2) is 0 Å². The van der Waals surface area contributed by atoms with Crippen LogP contribution in [0.2, 0.25) is 12.1 Å². The molecule has 3 heteroatoms. The molecule has 66 valence electrons. The quantitative estimate of drug-likeness (QED) is 0.592. The van der Waals surface area contributed by atoms with Crippen molar-refractivity contribution >= 4 is 17.5 Å². The normalized spacial score (nSPS) is 21.0. The van der Waals surface area contributed by atoms with Crippen molar-refractivity contribution in [3.63, 3.8) is 0 Å². The van der Waals surface area contributed by atoms with E-state index in [9.17, 15) is 0 Å². The number of hydrogen-bond acceptors (Lipinski definition) is 1. The third-order valence-corrected chi connectivity index (χ3v) is 13.4. The molecule has 0 N–H and O–H groups in total. The van der Waals surface area contributed by atoms with Crippen LogP contribution in [0.1, 0.15) is 26.7 Å². The van der Waals surface area contributed by atoms with Gasteiger partial charge in [-0.3, -0.25) is 0 Å². The van der Waals surface area contributed by atoms with E-state index in [2.05, 4.69) is 18.4 Å². The summed E-state index contributed by atoms with van der Waals surface area (Å²) in [6.45, 7) is 7.72. The molecule has 0 aliphatic carbocycles. The Morgan fingerprint density at radius 1 is 1.18 bits per heavy atom. The maximum atomic E-state index is 2.82. The highest BCUT2D eigenvalue weighted by atomic mass is 29.2. The summed E-state index contributed by atoms with van der Waals surface area (Å²) < 4.78 is 2.82. The Morgan fingerprint density at radius 3 is 2.18 bits per heavy atom. The van der Waals surface area contributed by atoms with Crippen molar-refractivity contribution in [1.29, 1.82) is 0 Å². The van der Waals surface area contributed by atoms with Gasteiger partial charge in [0.05, 0.1) is 9.20 Å². The molecule has 1 nitrogen and oxygen atoms in total. The molecule has 0 aromatic heterocycles.